The summed E-state index contributed by atoms with van der Waals surface area (Å²) < 4.78 is 0.374. The summed E-state index contributed by atoms with van der Waals surface area (Å²) >= 11 is 1.94. The van der Waals surface area contributed by atoms with Gasteiger partial charge < -0.3 is 10.4 Å². The van der Waals surface area contributed by atoms with Gasteiger partial charge in [-0.1, -0.05) is 6.07 Å². The Morgan fingerprint density at radius 2 is 1.81 bits per heavy atom. The van der Waals surface area contributed by atoms with E-state index in [4.69, 9.17) is 0 Å². The largest absolute Gasteiger partial charge is 0.393 e. The van der Waals surface area contributed by atoms with Gasteiger partial charge in [0.25, 0.3) is 0 Å². The van der Waals surface area contributed by atoms with Crippen LogP contribution in [0.3, 0.4) is 0 Å². The average Bonchev–Trinajstić information content (AvgIpc) is 2.62. The Kier molecular flexibility index (Phi) is 4.71. The minimum absolute atomic E-state index is 0.0703. The Balaban J connectivity index is 1.21. The van der Waals surface area contributed by atoms with E-state index >= 15 is 0 Å². The average molecular weight is 387 g/mol. The Hall–Kier alpha value is -1.07. The molecule has 4 nitrogen and oxygen atoms in total. The molecule has 5 aliphatic carbocycles. The lowest BCUT2D eigenvalue weighted by molar-refractivity contribution is -0.120. The van der Waals surface area contributed by atoms with Gasteiger partial charge in [0.2, 0.25) is 5.91 Å². The monoisotopic (exact) mass is 386 g/mol. The molecule has 27 heavy (non-hydrogen) atoms. The Morgan fingerprint density at radius 3 is 2.37 bits per heavy atom. The smallest absolute Gasteiger partial charge is 0.230 e. The van der Waals surface area contributed by atoms with Crippen molar-refractivity contribution in [1.82, 2.24) is 10.3 Å². The van der Waals surface area contributed by atoms with Gasteiger partial charge in [0, 0.05) is 10.9 Å². The molecule has 0 aliphatic heterocycles. The van der Waals surface area contributed by atoms with Gasteiger partial charge >= 0.3 is 0 Å². The first-order valence-corrected chi connectivity index (χ1v) is 11.6. The standard InChI is InChI=1S/C22H30N2O2S/c25-18-8-17(9-18)21(19-3-1-2-4-23-19)24-20(26)13-27-22-10-14-5-15(11-22)7-16(6-14)12-22/h1-4,14-18,21,25H,5-13H2,(H,24,26). The molecule has 1 heterocycles. The predicted molar refractivity (Wildman–Crippen MR) is 107 cm³/mol. The van der Waals surface area contributed by atoms with Crippen LogP contribution in [-0.2, 0) is 4.79 Å². The van der Waals surface area contributed by atoms with Gasteiger partial charge in [0.15, 0.2) is 0 Å². The van der Waals surface area contributed by atoms with Crippen LogP contribution in [0.4, 0.5) is 0 Å². The van der Waals surface area contributed by atoms with Gasteiger partial charge in [0.1, 0.15) is 0 Å². The third-order valence-corrected chi connectivity index (χ3v) is 8.95. The third kappa shape index (κ3) is 3.65. The van der Waals surface area contributed by atoms with E-state index in [0.717, 1.165) is 36.3 Å². The summed E-state index contributed by atoms with van der Waals surface area (Å²) in [5.74, 6) is 3.75. The van der Waals surface area contributed by atoms with E-state index in [1.807, 2.05) is 30.0 Å². The second-order valence-corrected chi connectivity index (χ2v) is 11.0. The van der Waals surface area contributed by atoms with Crippen LogP contribution in [0, 0.1) is 23.7 Å². The number of aromatic nitrogens is 1. The highest BCUT2D eigenvalue weighted by molar-refractivity contribution is 8.01. The fraction of sp³-hybridized carbons (Fsp3) is 0.727. The zero-order valence-electron chi connectivity index (χ0n) is 15.8. The van der Waals surface area contributed by atoms with E-state index in [-0.39, 0.29) is 18.1 Å². The van der Waals surface area contributed by atoms with Crippen molar-refractivity contribution in [3.8, 4) is 0 Å². The van der Waals surface area contributed by atoms with Gasteiger partial charge in [-0.05, 0) is 87.2 Å². The van der Waals surface area contributed by atoms with E-state index in [1.54, 1.807) is 6.20 Å². The summed E-state index contributed by atoms with van der Waals surface area (Å²) in [5, 5.41) is 13.0. The first-order valence-electron chi connectivity index (χ1n) is 10.6. The van der Waals surface area contributed by atoms with Crippen molar-refractivity contribution < 1.29 is 9.90 Å². The van der Waals surface area contributed by atoms with E-state index in [0.29, 0.717) is 16.4 Å². The summed E-state index contributed by atoms with van der Waals surface area (Å²) in [6.45, 7) is 0. The zero-order valence-corrected chi connectivity index (χ0v) is 16.7. The van der Waals surface area contributed by atoms with Crippen LogP contribution in [0.25, 0.3) is 0 Å². The second-order valence-electron chi connectivity index (χ2n) is 9.57. The minimum Gasteiger partial charge on any atom is -0.393 e. The van der Waals surface area contributed by atoms with Crippen molar-refractivity contribution in [3.05, 3.63) is 30.1 Å². The molecule has 1 aromatic heterocycles. The summed E-state index contributed by atoms with van der Waals surface area (Å²) in [5.41, 5.74) is 0.919. The van der Waals surface area contributed by atoms with E-state index in [9.17, 15) is 9.90 Å². The van der Waals surface area contributed by atoms with Gasteiger partial charge in [-0.25, -0.2) is 0 Å². The van der Waals surface area contributed by atoms with Crippen molar-refractivity contribution in [2.75, 3.05) is 5.75 Å². The quantitative estimate of drug-likeness (QED) is 0.782. The maximum atomic E-state index is 12.8. The number of nitrogens with zero attached hydrogens (tertiary/aromatic N) is 1. The molecule has 1 aromatic rings. The number of pyridine rings is 1. The van der Waals surface area contributed by atoms with Crippen LogP contribution >= 0.6 is 11.8 Å². The molecule has 5 saturated carbocycles. The molecule has 0 saturated heterocycles. The lowest BCUT2D eigenvalue weighted by Gasteiger charge is -2.56. The van der Waals surface area contributed by atoms with Crippen LogP contribution in [-0.4, -0.2) is 32.6 Å². The Morgan fingerprint density at radius 1 is 1.15 bits per heavy atom. The van der Waals surface area contributed by atoms with Crippen LogP contribution < -0.4 is 5.32 Å². The van der Waals surface area contributed by atoms with E-state index in [2.05, 4.69) is 10.3 Å². The fourth-order valence-electron chi connectivity index (χ4n) is 6.54. The molecular formula is C22H30N2O2S. The number of nitrogens with one attached hydrogen (secondary N) is 1. The van der Waals surface area contributed by atoms with Crippen LogP contribution in [0.15, 0.2) is 24.4 Å². The number of aliphatic hydroxyl groups is 1. The van der Waals surface area contributed by atoms with Crippen LogP contribution in [0.2, 0.25) is 0 Å². The number of hydrogen-bond donors (Lipinski definition) is 2. The number of thioether (sulfide) groups is 1. The minimum atomic E-state index is -0.223. The molecule has 5 fully saturated rings. The highest BCUT2D eigenvalue weighted by Crippen LogP contribution is 2.60. The molecule has 6 rings (SSSR count). The normalized spacial score (nSPS) is 40.4. The van der Waals surface area contributed by atoms with Gasteiger partial charge in [-0.2, -0.15) is 0 Å². The molecule has 2 N–H and O–H groups in total. The van der Waals surface area contributed by atoms with E-state index in [1.165, 1.54) is 38.5 Å². The van der Waals surface area contributed by atoms with Crippen molar-refractivity contribution in [1.29, 1.82) is 0 Å². The molecular weight excluding hydrogens is 356 g/mol. The lowest BCUT2D eigenvalue weighted by atomic mass is 9.56. The SMILES string of the molecule is O=C(CSC12CC3CC(CC(C3)C1)C2)NC(c1ccccn1)C1CC(O)C1. The third-order valence-electron chi connectivity index (χ3n) is 7.44. The molecule has 1 atom stereocenters. The summed E-state index contributed by atoms with van der Waals surface area (Å²) in [4.78, 5) is 17.3. The lowest BCUT2D eigenvalue weighted by Crippen LogP contribution is -2.49. The van der Waals surface area contributed by atoms with Gasteiger partial charge in [-0.3, -0.25) is 9.78 Å². The maximum Gasteiger partial charge on any atom is 0.230 e. The van der Waals surface area contributed by atoms with Gasteiger partial charge in [0.05, 0.1) is 23.6 Å². The molecule has 1 amide bonds. The fourth-order valence-corrected chi connectivity index (χ4v) is 8.12. The number of rotatable bonds is 6. The highest BCUT2D eigenvalue weighted by Gasteiger charge is 2.51. The number of aliphatic hydroxyl groups excluding tert-OH is 1. The molecule has 1 unspecified atom stereocenters. The Bertz CT molecular complexity index is 654. The van der Waals surface area contributed by atoms with Crippen LogP contribution in [0.1, 0.15) is 63.1 Å². The predicted octanol–water partition coefficient (Wildman–Crippen LogP) is 3.71. The van der Waals surface area contributed by atoms with Crippen LogP contribution in [0.5, 0.6) is 0 Å². The van der Waals surface area contributed by atoms with Crippen molar-refractivity contribution in [2.24, 2.45) is 23.7 Å². The molecule has 5 heteroatoms. The first-order chi connectivity index (χ1) is 13.1. The molecule has 0 spiro atoms. The summed E-state index contributed by atoms with van der Waals surface area (Å²) in [6, 6.07) is 5.79. The zero-order chi connectivity index (χ0) is 18.4. The number of hydrogen-bond acceptors (Lipinski definition) is 4. The number of amides is 1. The number of carbonyl (C=O) groups is 1. The summed E-state index contributed by atoms with van der Waals surface area (Å²) in [7, 11) is 0. The maximum absolute atomic E-state index is 12.8. The molecule has 0 radical (unpaired) electrons. The van der Waals surface area contributed by atoms with Crippen molar-refractivity contribution in [3.63, 3.8) is 0 Å². The molecule has 4 bridgehead atoms. The summed E-state index contributed by atoms with van der Waals surface area (Å²) in [6.07, 6.45) is 11.4. The van der Waals surface area contributed by atoms with Crippen molar-refractivity contribution in [2.45, 2.75) is 68.3 Å². The topological polar surface area (TPSA) is 62.2 Å². The molecule has 0 aromatic carbocycles. The second kappa shape index (κ2) is 7.07. The first kappa shape index (κ1) is 18.0. The molecule has 146 valence electrons. The van der Waals surface area contributed by atoms with Gasteiger partial charge in [-0.15, -0.1) is 11.8 Å². The van der Waals surface area contributed by atoms with E-state index < -0.39 is 0 Å². The Labute approximate surface area is 165 Å². The van der Waals surface area contributed by atoms with Crippen molar-refractivity contribution >= 4 is 17.7 Å². The number of carbonyl (C=O) groups excluding carboxylic acids is 1. The molecule has 5 aliphatic rings. The highest BCUT2D eigenvalue weighted by atomic mass is 32.2.